The van der Waals surface area contributed by atoms with Crippen molar-refractivity contribution in [1.82, 2.24) is 20.9 Å². The predicted molar refractivity (Wildman–Crippen MR) is 111 cm³/mol. The molecule has 0 atom stereocenters. The minimum Gasteiger partial charge on any atom is -0.355 e. The highest BCUT2D eigenvalue weighted by Crippen LogP contribution is 2.06. The molecule has 8 heteroatoms. The lowest BCUT2D eigenvalue weighted by Crippen LogP contribution is -2.43. The first kappa shape index (κ1) is 23.2. The van der Waals surface area contributed by atoms with Crippen LogP contribution in [-0.4, -0.2) is 56.9 Å². The van der Waals surface area contributed by atoms with Crippen molar-refractivity contribution in [3.63, 3.8) is 0 Å². The van der Waals surface area contributed by atoms with Crippen LogP contribution in [0.4, 0.5) is 0 Å². The van der Waals surface area contributed by atoms with Gasteiger partial charge in [-0.15, -0.1) is 24.0 Å². The Morgan fingerprint density at radius 2 is 1.72 bits per heavy atom. The highest BCUT2D eigenvalue weighted by molar-refractivity contribution is 14.0. The molecule has 0 aliphatic carbocycles. The Kier molecular flexibility index (Phi) is 11.6. The molecule has 3 N–H and O–H groups in total. The number of rotatable bonds is 7. The van der Waals surface area contributed by atoms with Crippen LogP contribution in [0.1, 0.15) is 29.3 Å². The van der Waals surface area contributed by atoms with Crippen LogP contribution in [0.25, 0.3) is 0 Å². The fourth-order valence-electron chi connectivity index (χ4n) is 1.92. The Hall–Kier alpha value is -1.84. The number of aliphatic imine (C=N–C) groups is 1. The second kappa shape index (κ2) is 12.5. The van der Waals surface area contributed by atoms with E-state index in [-0.39, 0.29) is 42.3 Å². The maximum Gasteiger partial charge on any atom is 0.253 e. The normalized spacial score (nSPS) is 10.5. The molecule has 1 aromatic carbocycles. The standard InChI is InChI=1S/C17H27N5O2.HI/c1-5-10-19-15(23)12-21-17(18-2)20-11-13-6-8-14(9-7-13)16(24)22(3)4;/h6-9H,5,10-12H2,1-4H3,(H,19,23)(H2,18,20,21);1H. The predicted octanol–water partition coefficient (Wildman–Crippen LogP) is 1.20. The quantitative estimate of drug-likeness (QED) is 0.324. The van der Waals surface area contributed by atoms with Gasteiger partial charge in [0, 0.05) is 39.8 Å². The van der Waals surface area contributed by atoms with Crippen LogP contribution < -0.4 is 16.0 Å². The Labute approximate surface area is 166 Å². The lowest BCUT2D eigenvalue weighted by molar-refractivity contribution is -0.120. The van der Waals surface area contributed by atoms with Gasteiger partial charge in [0.1, 0.15) is 0 Å². The molecule has 0 fully saturated rings. The molecule has 0 aliphatic heterocycles. The molecule has 1 aromatic rings. The molecule has 0 unspecified atom stereocenters. The van der Waals surface area contributed by atoms with Gasteiger partial charge in [-0.05, 0) is 24.1 Å². The Morgan fingerprint density at radius 3 is 2.24 bits per heavy atom. The summed E-state index contributed by atoms with van der Waals surface area (Å²) >= 11 is 0. The summed E-state index contributed by atoms with van der Waals surface area (Å²) < 4.78 is 0. The van der Waals surface area contributed by atoms with Crippen LogP contribution in [0.5, 0.6) is 0 Å². The van der Waals surface area contributed by atoms with Gasteiger partial charge in [0.05, 0.1) is 6.54 Å². The zero-order valence-corrected chi connectivity index (χ0v) is 17.6. The second-order valence-electron chi connectivity index (χ2n) is 5.53. The zero-order chi connectivity index (χ0) is 17.9. The summed E-state index contributed by atoms with van der Waals surface area (Å²) in [4.78, 5) is 29.0. The molecule has 0 spiro atoms. The molecular weight excluding hydrogens is 433 g/mol. The molecule has 25 heavy (non-hydrogen) atoms. The van der Waals surface area contributed by atoms with Gasteiger partial charge in [0.2, 0.25) is 5.91 Å². The van der Waals surface area contributed by atoms with Crippen molar-refractivity contribution >= 4 is 41.8 Å². The van der Waals surface area contributed by atoms with Gasteiger partial charge >= 0.3 is 0 Å². The van der Waals surface area contributed by atoms with Gasteiger partial charge in [0.15, 0.2) is 5.96 Å². The van der Waals surface area contributed by atoms with Gasteiger partial charge in [-0.3, -0.25) is 14.6 Å². The topological polar surface area (TPSA) is 85.8 Å². The SMILES string of the molecule is CCCNC(=O)CNC(=NC)NCc1ccc(C(=O)N(C)C)cc1.I. The number of nitrogens with one attached hydrogen (secondary N) is 3. The van der Waals surface area contributed by atoms with E-state index in [0.717, 1.165) is 12.0 Å². The molecular formula is C17H28IN5O2. The molecule has 0 aliphatic rings. The number of guanidine groups is 1. The molecule has 1 rings (SSSR count). The number of amides is 2. The van der Waals surface area contributed by atoms with Crippen LogP contribution in [0.15, 0.2) is 29.3 Å². The highest BCUT2D eigenvalue weighted by atomic mass is 127. The maximum absolute atomic E-state index is 11.8. The molecule has 0 saturated carbocycles. The summed E-state index contributed by atoms with van der Waals surface area (Å²) in [6.07, 6.45) is 0.908. The first-order chi connectivity index (χ1) is 11.5. The van der Waals surface area contributed by atoms with Gasteiger partial charge in [-0.25, -0.2) is 0 Å². The number of carbonyl (C=O) groups excluding carboxylic acids is 2. The Morgan fingerprint density at radius 1 is 1.08 bits per heavy atom. The molecule has 0 radical (unpaired) electrons. The minimum absolute atomic E-state index is 0. The molecule has 0 heterocycles. The number of hydrogen-bond donors (Lipinski definition) is 3. The Bertz CT molecular complexity index is 573. The molecule has 0 bridgehead atoms. The number of hydrogen-bond acceptors (Lipinski definition) is 3. The number of halogens is 1. The fraction of sp³-hybridized carbons (Fsp3) is 0.471. The first-order valence-corrected chi connectivity index (χ1v) is 7.99. The van der Waals surface area contributed by atoms with E-state index in [1.54, 1.807) is 38.2 Å². The fourth-order valence-corrected chi connectivity index (χ4v) is 1.92. The highest BCUT2D eigenvalue weighted by Gasteiger charge is 2.07. The lowest BCUT2D eigenvalue weighted by atomic mass is 10.1. The summed E-state index contributed by atoms with van der Waals surface area (Å²) in [5, 5.41) is 8.88. The van der Waals surface area contributed by atoms with Crippen molar-refractivity contribution in [1.29, 1.82) is 0 Å². The van der Waals surface area contributed by atoms with Crippen molar-refractivity contribution in [2.75, 3.05) is 34.2 Å². The maximum atomic E-state index is 11.8. The molecule has 140 valence electrons. The van der Waals surface area contributed by atoms with Crippen LogP contribution >= 0.6 is 24.0 Å². The number of carbonyl (C=O) groups is 2. The van der Waals surface area contributed by atoms with Crippen LogP contribution in [0.3, 0.4) is 0 Å². The summed E-state index contributed by atoms with van der Waals surface area (Å²) in [7, 11) is 5.10. The molecule has 7 nitrogen and oxygen atoms in total. The van der Waals surface area contributed by atoms with Crippen LogP contribution in [0.2, 0.25) is 0 Å². The zero-order valence-electron chi connectivity index (χ0n) is 15.3. The third kappa shape index (κ3) is 8.71. The van der Waals surface area contributed by atoms with Crippen molar-refractivity contribution in [2.45, 2.75) is 19.9 Å². The van der Waals surface area contributed by atoms with E-state index in [2.05, 4.69) is 20.9 Å². The smallest absolute Gasteiger partial charge is 0.253 e. The largest absolute Gasteiger partial charge is 0.355 e. The van der Waals surface area contributed by atoms with E-state index in [4.69, 9.17) is 0 Å². The summed E-state index contributed by atoms with van der Waals surface area (Å²) in [6, 6.07) is 7.39. The van der Waals surface area contributed by atoms with E-state index in [1.807, 2.05) is 19.1 Å². The second-order valence-corrected chi connectivity index (χ2v) is 5.53. The van der Waals surface area contributed by atoms with Crippen molar-refractivity contribution in [3.8, 4) is 0 Å². The average Bonchev–Trinajstić information content (AvgIpc) is 2.59. The van der Waals surface area contributed by atoms with E-state index in [1.165, 1.54) is 0 Å². The summed E-state index contributed by atoms with van der Waals surface area (Å²) in [5.74, 6) is 0.464. The van der Waals surface area contributed by atoms with Gasteiger partial charge in [0.25, 0.3) is 5.91 Å². The van der Waals surface area contributed by atoms with Crippen molar-refractivity contribution < 1.29 is 9.59 Å². The molecule has 2 amide bonds. The third-order valence-electron chi connectivity index (χ3n) is 3.28. The van der Waals surface area contributed by atoms with Crippen molar-refractivity contribution in [3.05, 3.63) is 35.4 Å². The van der Waals surface area contributed by atoms with E-state index < -0.39 is 0 Å². The lowest BCUT2D eigenvalue weighted by Gasteiger charge is -2.13. The summed E-state index contributed by atoms with van der Waals surface area (Å²) in [6.45, 7) is 3.40. The molecule has 0 saturated heterocycles. The first-order valence-electron chi connectivity index (χ1n) is 7.99. The average molecular weight is 461 g/mol. The Balaban J connectivity index is 0.00000576. The molecule has 0 aromatic heterocycles. The summed E-state index contributed by atoms with van der Waals surface area (Å²) in [5.41, 5.74) is 1.67. The van der Waals surface area contributed by atoms with E-state index >= 15 is 0 Å². The van der Waals surface area contributed by atoms with Gasteiger partial charge in [-0.2, -0.15) is 0 Å². The monoisotopic (exact) mass is 461 g/mol. The number of benzene rings is 1. The third-order valence-corrected chi connectivity index (χ3v) is 3.28. The van der Waals surface area contributed by atoms with Crippen LogP contribution in [-0.2, 0) is 11.3 Å². The van der Waals surface area contributed by atoms with Crippen molar-refractivity contribution in [2.24, 2.45) is 4.99 Å². The van der Waals surface area contributed by atoms with E-state index in [9.17, 15) is 9.59 Å². The van der Waals surface area contributed by atoms with Gasteiger partial charge in [-0.1, -0.05) is 19.1 Å². The van der Waals surface area contributed by atoms with Gasteiger partial charge < -0.3 is 20.9 Å². The number of nitrogens with zero attached hydrogens (tertiary/aromatic N) is 2. The van der Waals surface area contributed by atoms with Crippen LogP contribution in [0, 0.1) is 0 Å². The minimum atomic E-state index is -0.0636. The van der Waals surface area contributed by atoms with E-state index in [0.29, 0.717) is 24.6 Å².